The van der Waals surface area contributed by atoms with E-state index in [0.717, 1.165) is 5.03 Å². The van der Waals surface area contributed by atoms with Crippen LogP contribution in [0.2, 0.25) is 0 Å². The Morgan fingerprint density at radius 2 is 2.00 bits per heavy atom. The minimum absolute atomic E-state index is 0.156. The molecule has 1 aliphatic rings. The summed E-state index contributed by atoms with van der Waals surface area (Å²) < 4.78 is 11.4. The first-order chi connectivity index (χ1) is 14.8. The summed E-state index contributed by atoms with van der Waals surface area (Å²) in [5.74, 6) is 0.585. The van der Waals surface area contributed by atoms with Crippen molar-refractivity contribution in [1.82, 2.24) is 19.9 Å². The lowest BCUT2D eigenvalue weighted by Crippen LogP contribution is -2.44. The molecule has 164 valence electrons. The highest BCUT2D eigenvalue weighted by Gasteiger charge is 2.28. The Balaban J connectivity index is 1.64. The summed E-state index contributed by atoms with van der Waals surface area (Å²) >= 11 is 1.55. The summed E-state index contributed by atoms with van der Waals surface area (Å²) in [7, 11) is 0. The molecule has 1 amide bonds. The normalized spacial score (nSPS) is 14.6. The van der Waals surface area contributed by atoms with Gasteiger partial charge in [-0.25, -0.2) is 19.7 Å². The van der Waals surface area contributed by atoms with Crippen molar-refractivity contribution in [3.05, 3.63) is 30.2 Å². The van der Waals surface area contributed by atoms with Gasteiger partial charge in [0.05, 0.1) is 16.9 Å². The van der Waals surface area contributed by atoms with Gasteiger partial charge >= 0.3 is 6.09 Å². The Morgan fingerprint density at radius 1 is 1.26 bits per heavy atom. The molecule has 1 N–H and O–H groups in total. The smallest absolute Gasteiger partial charge is 0.410 e. The molecule has 0 aliphatic carbocycles. The van der Waals surface area contributed by atoms with Crippen molar-refractivity contribution in [2.45, 2.75) is 50.3 Å². The molecule has 1 fully saturated rings. The van der Waals surface area contributed by atoms with Crippen LogP contribution in [-0.2, 0) is 4.74 Å². The quantitative estimate of drug-likeness (QED) is 0.687. The molecule has 0 radical (unpaired) electrons. The number of carbonyl (C=O) groups is 1. The van der Waals surface area contributed by atoms with Crippen molar-refractivity contribution in [3.63, 3.8) is 0 Å². The summed E-state index contributed by atoms with van der Waals surface area (Å²) in [6.45, 7) is 6.57. The van der Waals surface area contributed by atoms with Crippen molar-refractivity contribution in [2.24, 2.45) is 0 Å². The van der Waals surface area contributed by atoms with E-state index in [1.165, 1.54) is 6.33 Å². The molecule has 3 rings (SSSR count). The number of pyridine rings is 1. The summed E-state index contributed by atoms with van der Waals surface area (Å²) in [6.07, 6.45) is 5.76. The van der Waals surface area contributed by atoms with E-state index < -0.39 is 5.60 Å². The van der Waals surface area contributed by atoms with E-state index >= 15 is 0 Å². The first kappa shape index (κ1) is 22.6. The second-order valence-electron chi connectivity index (χ2n) is 8.01. The van der Waals surface area contributed by atoms with Gasteiger partial charge in [0.25, 0.3) is 0 Å². The van der Waals surface area contributed by atoms with Crippen molar-refractivity contribution < 1.29 is 14.3 Å². The van der Waals surface area contributed by atoms with Crippen LogP contribution in [0.4, 0.5) is 16.3 Å². The minimum Gasteiger partial charge on any atom is -0.473 e. The van der Waals surface area contributed by atoms with Crippen LogP contribution in [0.5, 0.6) is 5.88 Å². The van der Waals surface area contributed by atoms with E-state index in [1.807, 2.05) is 39.2 Å². The zero-order chi connectivity index (χ0) is 22.4. The molecule has 0 atom stereocenters. The van der Waals surface area contributed by atoms with Gasteiger partial charge in [0.2, 0.25) is 5.88 Å². The third kappa shape index (κ3) is 6.21. The molecule has 2 aromatic heterocycles. The molecule has 1 saturated heterocycles. The number of amides is 1. The van der Waals surface area contributed by atoms with Crippen LogP contribution in [0, 0.1) is 11.3 Å². The number of likely N-dealkylation sites (tertiary alicyclic amines) is 1. The summed E-state index contributed by atoms with van der Waals surface area (Å²) in [6, 6.07) is 5.88. The summed E-state index contributed by atoms with van der Waals surface area (Å²) in [5, 5.41) is 13.7. The maximum atomic E-state index is 12.2. The highest BCUT2D eigenvalue weighted by atomic mass is 32.2. The lowest BCUT2D eigenvalue weighted by molar-refractivity contribution is 0.0123. The van der Waals surface area contributed by atoms with Gasteiger partial charge in [-0.3, -0.25) is 0 Å². The number of anilines is 2. The lowest BCUT2D eigenvalue weighted by Gasteiger charge is -2.33. The zero-order valence-corrected chi connectivity index (χ0v) is 18.9. The van der Waals surface area contributed by atoms with Gasteiger partial charge in [0.15, 0.2) is 11.4 Å². The van der Waals surface area contributed by atoms with E-state index in [4.69, 9.17) is 9.47 Å². The van der Waals surface area contributed by atoms with E-state index in [2.05, 4.69) is 26.3 Å². The van der Waals surface area contributed by atoms with Gasteiger partial charge in [-0.1, -0.05) is 0 Å². The number of nitrogens with zero attached hydrogens (tertiary/aromatic N) is 5. The maximum Gasteiger partial charge on any atom is 0.410 e. The molecule has 1 aliphatic heterocycles. The Labute approximate surface area is 186 Å². The summed E-state index contributed by atoms with van der Waals surface area (Å²) in [4.78, 5) is 26.5. The number of hydrogen-bond donors (Lipinski definition) is 1. The Bertz CT molecular complexity index is 947. The Kier molecular flexibility index (Phi) is 7.17. The third-order valence-corrected chi connectivity index (χ3v) is 5.16. The van der Waals surface area contributed by atoms with Crippen LogP contribution >= 0.6 is 11.8 Å². The fourth-order valence-electron chi connectivity index (χ4n) is 3.01. The van der Waals surface area contributed by atoms with Gasteiger partial charge in [0, 0.05) is 25.9 Å². The van der Waals surface area contributed by atoms with Gasteiger partial charge in [-0.15, -0.1) is 11.8 Å². The number of hydrogen-bond acceptors (Lipinski definition) is 9. The SMILES string of the molecule is CSc1ccc(Nc2ncnc(OC3CCN(C(=O)OC(C)(C)C)CC3)c2C#N)cn1. The number of rotatable bonds is 5. The molecular formula is C21H26N6O3S. The van der Waals surface area contributed by atoms with Crippen molar-refractivity contribution in [2.75, 3.05) is 24.7 Å². The number of piperidine rings is 1. The van der Waals surface area contributed by atoms with Gasteiger partial charge in [0.1, 0.15) is 24.1 Å². The van der Waals surface area contributed by atoms with Crippen LogP contribution in [0.3, 0.4) is 0 Å². The monoisotopic (exact) mass is 442 g/mol. The molecule has 3 heterocycles. The highest BCUT2D eigenvalue weighted by Crippen LogP contribution is 2.27. The second kappa shape index (κ2) is 9.83. The number of carbonyl (C=O) groups excluding carboxylic acids is 1. The highest BCUT2D eigenvalue weighted by molar-refractivity contribution is 7.98. The predicted molar refractivity (Wildman–Crippen MR) is 118 cm³/mol. The van der Waals surface area contributed by atoms with Crippen LogP contribution in [-0.4, -0.2) is 57.0 Å². The van der Waals surface area contributed by atoms with Crippen LogP contribution in [0.15, 0.2) is 29.7 Å². The average Bonchev–Trinajstić information content (AvgIpc) is 2.74. The molecule has 0 unspecified atom stereocenters. The number of nitriles is 1. The largest absolute Gasteiger partial charge is 0.473 e. The molecule has 31 heavy (non-hydrogen) atoms. The van der Waals surface area contributed by atoms with Gasteiger partial charge in [-0.05, 0) is 39.2 Å². The molecule has 9 nitrogen and oxygen atoms in total. The third-order valence-electron chi connectivity index (χ3n) is 4.50. The average molecular weight is 443 g/mol. The number of aromatic nitrogens is 3. The molecule has 0 spiro atoms. The molecular weight excluding hydrogens is 416 g/mol. The Hall–Kier alpha value is -3.06. The topological polar surface area (TPSA) is 113 Å². The second-order valence-corrected chi connectivity index (χ2v) is 8.84. The van der Waals surface area contributed by atoms with Crippen LogP contribution in [0.1, 0.15) is 39.2 Å². The first-order valence-electron chi connectivity index (χ1n) is 9.96. The standard InChI is InChI=1S/C21H26N6O3S/c1-21(2,3)30-20(28)27-9-7-15(8-10-27)29-19-16(11-22)18(24-13-25-19)26-14-5-6-17(31-4)23-12-14/h5-6,12-13,15H,7-10H2,1-4H3,(H,24,25,26). The van der Waals surface area contributed by atoms with Crippen LogP contribution in [0.25, 0.3) is 0 Å². The molecule has 0 aromatic carbocycles. The van der Waals surface area contributed by atoms with Crippen molar-refractivity contribution in [1.29, 1.82) is 5.26 Å². The molecule has 10 heteroatoms. The number of thioether (sulfide) groups is 1. The fourth-order valence-corrected chi connectivity index (χ4v) is 3.37. The van der Waals surface area contributed by atoms with E-state index in [9.17, 15) is 10.1 Å². The molecule has 0 saturated carbocycles. The van der Waals surface area contributed by atoms with Crippen molar-refractivity contribution in [3.8, 4) is 11.9 Å². The van der Waals surface area contributed by atoms with Crippen LogP contribution < -0.4 is 10.1 Å². The van der Waals surface area contributed by atoms with E-state index in [0.29, 0.717) is 37.4 Å². The van der Waals surface area contributed by atoms with Gasteiger partial charge in [-0.2, -0.15) is 5.26 Å². The number of nitrogens with one attached hydrogen (secondary N) is 1. The van der Waals surface area contributed by atoms with Crippen molar-refractivity contribution >= 4 is 29.4 Å². The molecule has 0 bridgehead atoms. The predicted octanol–water partition coefficient (Wildman–Crippen LogP) is 3.99. The van der Waals surface area contributed by atoms with E-state index in [1.54, 1.807) is 22.9 Å². The fraction of sp³-hybridized carbons (Fsp3) is 0.476. The Morgan fingerprint density at radius 3 is 2.58 bits per heavy atom. The summed E-state index contributed by atoms with van der Waals surface area (Å²) in [5.41, 5.74) is 0.414. The number of ether oxygens (including phenoxy) is 2. The lowest BCUT2D eigenvalue weighted by atomic mass is 10.1. The van der Waals surface area contributed by atoms with Gasteiger partial charge < -0.3 is 19.7 Å². The minimum atomic E-state index is -0.526. The first-order valence-corrected chi connectivity index (χ1v) is 11.2. The maximum absolute atomic E-state index is 12.2. The zero-order valence-electron chi connectivity index (χ0n) is 18.1. The molecule has 2 aromatic rings. The van der Waals surface area contributed by atoms with E-state index in [-0.39, 0.29) is 23.6 Å².